The summed E-state index contributed by atoms with van der Waals surface area (Å²) in [4.78, 5) is 12.0. The van der Waals surface area contributed by atoms with Crippen LogP contribution in [0.3, 0.4) is 0 Å². The van der Waals surface area contributed by atoms with Gasteiger partial charge in [-0.05, 0) is 68.5 Å². The Labute approximate surface area is 137 Å². The summed E-state index contributed by atoms with van der Waals surface area (Å²) >= 11 is 0. The van der Waals surface area contributed by atoms with Gasteiger partial charge < -0.3 is 15.2 Å². The lowest BCUT2D eigenvalue weighted by atomic mass is 10.1. The van der Waals surface area contributed by atoms with Crippen molar-refractivity contribution in [3.63, 3.8) is 0 Å². The lowest BCUT2D eigenvalue weighted by molar-refractivity contribution is 0.196. The number of rotatable bonds is 5. The summed E-state index contributed by atoms with van der Waals surface area (Å²) in [6, 6.07) is 12.9. The second-order valence-electron chi connectivity index (χ2n) is 5.91. The fourth-order valence-electron chi connectivity index (χ4n) is 2.27. The Kier molecular flexibility index (Phi) is 5.63. The summed E-state index contributed by atoms with van der Waals surface area (Å²) in [7, 11) is 0. The van der Waals surface area contributed by atoms with E-state index in [2.05, 4.69) is 5.32 Å². The molecule has 0 heterocycles. The van der Waals surface area contributed by atoms with E-state index in [4.69, 9.17) is 4.74 Å². The topological polar surface area (TPSA) is 58.6 Å². The molecule has 0 bridgehead atoms. The van der Waals surface area contributed by atoms with E-state index < -0.39 is 6.09 Å². The summed E-state index contributed by atoms with van der Waals surface area (Å²) in [5.41, 5.74) is 3.11. The van der Waals surface area contributed by atoms with E-state index >= 15 is 0 Å². The SMILES string of the molecule is Cc1ccc(C)c(OC(=O)NC(C)CCc2ccc(O)cc2)c1. The van der Waals surface area contributed by atoms with Gasteiger partial charge >= 0.3 is 6.09 Å². The van der Waals surface area contributed by atoms with E-state index in [1.807, 2.05) is 51.1 Å². The minimum absolute atomic E-state index is 0.00131. The third-order valence-corrected chi connectivity index (χ3v) is 3.71. The molecule has 0 fully saturated rings. The molecule has 0 aliphatic heterocycles. The highest BCUT2D eigenvalue weighted by Crippen LogP contribution is 2.19. The number of carbonyl (C=O) groups excluding carboxylic acids is 1. The molecular formula is C19H23NO3. The molecule has 2 aromatic carbocycles. The molecule has 2 aromatic rings. The average Bonchev–Trinajstić information content (AvgIpc) is 2.50. The van der Waals surface area contributed by atoms with Crippen molar-refractivity contribution < 1.29 is 14.6 Å². The fourth-order valence-corrected chi connectivity index (χ4v) is 2.27. The highest BCUT2D eigenvalue weighted by Gasteiger charge is 2.11. The second-order valence-corrected chi connectivity index (χ2v) is 5.91. The van der Waals surface area contributed by atoms with Gasteiger partial charge in [0, 0.05) is 6.04 Å². The summed E-state index contributed by atoms with van der Waals surface area (Å²) in [5, 5.41) is 12.1. The van der Waals surface area contributed by atoms with Crippen LogP contribution in [0.25, 0.3) is 0 Å². The number of phenolic OH excluding ortho intramolecular Hbond substituents is 1. The third kappa shape index (κ3) is 5.33. The molecule has 0 saturated carbocycles. The van der Waals surface area contributed by atoms with Crippen LogP contribution >= 0.6 is 0 Å². The van der Waals surface area contributed by atoms with Gasteiger partial charge in [-0.2, -0.15) is 0 Å². The Morgan fingerprint density at radius 3 is 2.57 bits per heavy atom. The summed E-state index contributed by atoms with van der Waals surface area (Å²) in [6.07, 6.45) is 1.19. The van der Waals surface area contributed by atoms with E-state index in [0.29, 0.717) is 5.75 Å². The van der Waals surface area contributed by atoms with E-state index in [-0.39, 0.29) is 11.8 Å². The molecule has 0 radical (unpaired) electrons. The molecule has 2 rings (SSSR count). The van der Waals surface area contributed by atoms with Crippen LogP contribution in [0, 0.1) is 13.8 Å². The number of aromatic hydroxyl groups is 1. The van der Waals surface area contributed by atoms with Crippen LogP contribution in [0.15, 0.2) is 42.5 Å². The predicted octanol–water partition coefficient (Wildman–Crippen LogP) is 4.12. The van der Waals surface area contributed by atoms with Gasteiger partial charge in [0.25, 0.3) is 0 Å². The Bertz CT molecular complexity index is 665. The van der Waals surface area contributed by atoms with Crippen LogP contribution in [-0.2, 0) is 6.42 Å². The van der Waals surface area contributed by atoms with Gasteiger partial charge in [-0.1, -0.05) is 24.3 Å². The van der Waals surface area contributed by atoms with Crippen LogP contribution in [-0.4, -0.2) is 17.2 Å². The van der Waals surface area contributed by atoms with Crippen molar-refractivity contribution in [2.45, 2.75) is 39.7 Å². The molecule has 2 N–H and O–H groups in total. The molecule has 0 saturated heterocycles. The molecule has 23 heavy (non-hydrogen) atoms. The Hall–Kier alpha value is -2.49. The zero-order valence-corrected chi connectivity index (χ0v) is 13.8. The molecule has 4 nitrogen and oxygen atoms in total. The maximum atomic E-state index is 12.0. The van der Waals surface area contributed by atoms with E-state index in [1.54, 1.807) is 12.1 Å². The number of amides is 1. The monoisotopic (exact) mass is 313 g/mol. The van der Waals surface area contributed by atoms with E-state index in [9.17, 15) is 9.90 Å². The fraction of sp³-hybridized carbons (Fsp3) is 0.316. The van der Waals surface area contributed by atoms with Crippen molar-refractivity contribution in [1.29, 1.82) is 0 Å². The molecule has 0 aromatic heterocycles. The number of nitrogens with one attached hydrogen (secondary N) is 1. The van der Waals surface area contributed by atoms with Gasteiger partial charge in [0.1, 0.15) is 11.5 Å². The van der Waals surface area contributed by atoms with Crippen LogP contribution < -0.4 is 10.1 Å². The molecule has 0 aliphatic rings. The summed E-state index contributed by atoms with van der Waals surface area (Å²) < 4.78 is 5.38. The lowest BCUT2D eigenvalue weighted by Crippen LogP contribution is -2.35. The van der Waals surface area contributed by atoms with Gasteiger partial charge in [0.15, 0.2) is 0 Å². The number of ether oxygens (including phenoxy) is 1. The first kappa shape index (κ1) is 16.9. The van der Waals surface area contributed by atoms with Crippen LogP contribution in [0.1, 0.15) is 30.0 Å². The Morgan fingerprint density at radius 2 is 1.87 bits per heavy atom. The lowest BCUT2D eigenvalue weighted by Gasteiger charge is -2.15. The minimum atomic E-state index is -0.433. The molecule has 122 valence electrons. The van der Waals surface area contributed by atoms with Crippen molar-refractivity contribution in [1.82, 2.24) is 5.32 Å². The largest absolute Gasteiger partial charge is 0.508 e. The molecule has 1 atom stereocenters. The standard InChI is InChI=1S/C19H23NO3/c1-13-4-5-14(2)18(12-13)23-19(22)20-15(3)6-7-16-8-10-17(21)11-9-16/h4-5,8-12,15,21H,6-7H2,1-3H3,(H,20,22). The van der Waals surface area contributed by atoms with Crippen molar-refractivity contribution in [2.75, 3.05) is 0 Å². The number of carbonyl (C=O) groups is 1. The number of hydrogen-bond donors (Lipinski definition) is 2. The Balaban J connectivity index is 1.82. The zero-order valence-electron chi connectivity index (χ0n) is 13.8. The van der Waals surface area contributed by atoms with Gasteiger partial charge in [-0.15, -0.1) is 0 Å². The average molecular weight is 313 g/mol. The maximum absolute atomic E-state index is 12.0. The predicted molar refractivity (Wildman–Crippen MR) is 91.0 cm³/mol. The molecule has 1 unspecified atom stereocenters. The van der Waals surface area contributed by atoms with Crippen LogP contribution in [0.4, 0.5) is 4.79 Å². The highest BCUT2D eigenvalue weighted by molar-refractivity contribution is 5.71. The molecular weight excluding hydrogens is 290 g/mol. The first-order valence-electron chi connectivity index (χ1n) is 7.77. The Morgan fingerprint density at radius 1 is 1.17 bits per heavy atom. The normalized spacial score (nSPS) is 11.8. The molecule has 1 amide bonds. The summed E-state index contributed by atoms with van der Waals surface area (Å²) in [6.45, 7) is 5.82. The molecule has 4 heteroatoms. The molecule has 0 aliphatic carbocycles. The smallest absolute Gasteiger partial charge is 0.412 e. The minimum Gasteiger partial charge on any atom is -0.508 e. The van der Waals surface area contributed by atoms with E-state index in [1.165, 1.54) is 0 Å². The van der Waals surface area contributed by atoms with Gasteiger partial charge in [-0.25, -0.2) is 4.79 Å². The number of benzene rings is 2. The van der Waals surface area contributed by atoms with Crippen LogP contribution in [0.5, 0.6) is 11.5 Å². The number of aryl methyl sites for hydroxylation is 3. The molecule has 0 spiro atoms. The van der Waals surface area contributed by atoms with Gasteiger partial charge in [0.05, 0.1) is 0 Å². The van der Waals surface area contributed by atoms with Crippen molar-refractivity contribution in [3.05, 3.63) is 59.2 Å². The van der Waals surface area contributed by atoms with Crippen molar-refractivity contribution in [2.24, 2.45) is 0 Å². The number of hydrogen-bond acceptors (Lipinski definition) is 3. The van der Waals surface area contributed by atoms with E-state index in [0.717, 1.165) is 29.5 Å². The van der Waals surface area contributed by atoms with Crippen LogP contribution in [0.2, 0.25) is 0 Å². The maximum Gasteiger partial charge on any atom is 0.412 e. The van der Waals surface area contributed by atoms with Crippen molar-refractivity contribution >= 4 is 6.09 Å². The first-order chi connectivity index (χ1) is 10.9. The third-order valence-electron chi connectivity index (χ3n) is 3.71. The zero-order chi connectivity index (χ0) is 16.8. The van der Waals surface area contributed by atoms with Crippen molar-refractivity contribution in [3.8, 4) is 11.5 Å². The number of phenols is 1. The second kappa shape index (κ2) is 7.68. The van der Waals surface area contributed by atoms with Gasteiger partial charge in [0.2, 0.25) is 0 Å². The highest BCUT2D eigenvalue weighted by atomic mass is 16.6. The first-order valence-corrected chi connectivity index (χ1v) is 7.77. The van der Waals surface area contributed by atoms with Gasteiger partial charge in [-0.3, -0.25) is 0 Å². The summed E-state index contributed by atoms with van der Waals surface area (Å²) in [5.74, 6) is 0.852. The quantitative estimate of drug-likeness (QED) is 0.873.